The first-order chi connectivity index (χ1) is 13.8. The van der Waals surface area contributed by atoms with Crippen molar-refractivity contribution in [3.8, 4) is 28.7 Å². The molecular weight excluding hydrogens is 358 g/mol. The van der Waals surface area contributed by atoms with Gasteiger partial charge in [-0.3, -0.25) is 4.79 Å². The minimum absolute atomic E-state index is 0.0846. The van der Waals surface area contributed by atoms with Crippen LogP contribution in [0.3, 0.4) is 0 Å². The topological polar surface area (TPSA) is 90.4 Å². The van der Waals surface area contributed by atoms with Crippen LogP contribution in [0.15, 0.2) is 81.8 Å². The summed E-state index contributed by atoms with van der Waals surface area (Å²) >= 11 is 0. The molecule has 0 saturated carbocycles. The number of furan rings is 1. The number of aromatic nitrogens is 2. The van der Waals surface area contributed by atoms with Crippen LogP contribution in [0, 0.1) is 0 Å². The smallest absolute Gasteiger partial charge is 0.258 e. The zero-order valence-electron chi connectivity index (χ0n) is 14.9. The quantitative estimate of drug-likeness (QED) is 0.530. The molecule has 2 aromatic carbocycles. The van der Waals surface area contributed by atoms with E-state index in [-0.39, 0.29) is 12.5 Å². The molecule has 140 valence electrons. The summed E-state index contributed by atoms with van der Waals surface area (Å²) in [6.45, 7) is 0.244. The van der Waals surface area contributed by atoms with E-state index >= 15 is 0 Å². The summed E-state index contributed by atoms with van der Waals surface area (Å²) in [7, 11) is 0. The number of rotatable bonds is 7. The van der Waals surface area contributed by atoms with Gasteiger partial charge < -0.3 is 18.9 Å². The molecule has 0 aliphatic heterocycles. The van der Waals surface area contributed by atoms with E-state index in [1.165, 1.54) is 0 Å². The Morgan fingerprint density at radius 2 is 1.61 bits per heavy atom. The maximum Gasteiger partial charge on any atom is 0.258 e. The number of hydrogen-bond donors (Lipinski definition) is 1. The van der Waals surface area contributed by atoms with Gasteiger partial charge in [0.05, 0.1) is 12.8 Å². The lowest BCUT2D eigenvalue weighted by atomic mass is 10.2. The first-order valence-electron chi connectivity index (χ1n) is 8.69. The van der Waals surface area contributed by atoms with Gasteiger partial charge in [-0.2, -0.15) is 0 Å². The van der Waals surface area contributed by atoms with E-state index in [0.717, 1.165) is 11.1 Å². The van der Waals surface area contributed by atoms with Crippen molar-refractivity contribution in [2.45, 2.75) is 6.54 Å². The van der Waals surface area contributed by atoms with Crippen LogP contribution < -0.4 is 10.1 Å². The predicted molar refractivity (Wildman–Crippen MR) is 101 cm³/mol. The van der Waals surface area contributed by atoms with Crippen molar-refractivity contribution in [2.75, 3.05) is 6.61 Å². The molecule has 2 heterocycles. The summed E-state index contributed by atoms with van der Waals surface area (Å²) in [5.74, 6) is 1.91. The molecule has 2 aromatic heterocycles. The number of hydrogen-bond acceptors (Lipinski definition) is 6. The van der Waals surface area contributed by atoms with Crippen LogP contribution in [0.2, 0.25) is 0 Å². The standard InChI is InChI=1S/C21H17N3O4/c25-19(22-13-18-7-4-12-26-18)14-27-17-10-8-16(9-11-17)21-24-23-20(28-21)15-5-2-1-3-6-15/h1-12H,13-14H2,(H,22,25). The molecule has 0 saturated heterocycles. The lowest BCUT2D eigenvalue weighted by molar-refractivity contribution is -0.123. The molecule has 0 atom stereocenters. The van der Waals surface area contributed by atoms with Gasteiger partial charge in [0.1, 0.15) is 11.5 Å². The average molecular weight is 375 g/mol. The number of carbonyl (C=O) groups is 1. The van der Waals surface area contributed by atoms with Crippen LogP contribution in [0.25, 0.3) is 22.9 Å². The Labute approximate surface area is 161 Å². The highest BCUT2D eigenvalue weighted by atomic mass is 16.5. The molecule has 0 unspecified atom stereocenters. The average Bonchev–Trinajstić information content (AvgIpc) is 3.44. The second-order valence-corrected chi connectivity index (χ2v) is 5.95. The fourth-order valence-corrected chi connectivity index (χ4v) is 2.53. The maximum atomic E-state index is 11.8. The van der Waals surface area contributed by atoms with Gasteiger partial charge in [-0.1, -0.05) is 18.2 Å². The van der Waals surface area contributed by atoms with Crippen LogP contribution in [0.5, 0.6) is 5.75 Å². The van der Waals surface area contributed by atoms with Crippen molar-refractivity contribution < 1.29 is 18.4 Å². The molecule has 7 heteroatoms. The minimum atomic E-state index is -0.232. The van der Waals surface area contributed by atoms with Gasteiger partial charge in [0.25, 0.3) is 5.91 Å². The third-order valence-electron chi connectivity index (χ3n) is 3.96. The highest BCUT2D eigenvalue weighted by Gasteiger charge is 2.10. The Morgan fingerprint density at radius 3 is 2.29 bits per heavy atom. The largest absolute Gasteiger partial charge is 0.484 e. The zero-order valence-corrected chi connectivity index (χ0v) is 14.9. The summed E-state index contributed by atoms with van der Waals surface area (Å²) in [5, 5.41) is 10.9. The fraction of sp³-hybridized carbons (Fsp3) is 0.0952. The van der Waals surface area contributed by atoms with Gasteiger partial charge in [0.2, 0.25) is 11.8 Å². The summed E-state index contributed by atoms with van der Waals surface area (Å²) in [6, 6.07) is 20.2. The maximum absolute atomic E-state index is 11.8. The lowest BCUT2D eigenvalue weighted by Gasteiger charge is -2.07. The van der Waals surface area contributed by atoms with Crippen molar-refractivity contribution >= 4 is 5.91 Å². The van der Waals surface area contributed by atoms with E-state index in [4.69, 9.17) is 13.6 Å². The Balaban J connectivity index is 1.32. The highest BCUT2D eigenvalue weighted by Crippen LogP contribution is 2.25. The molecule has 4 aromatic rings. The Bertz CT molecular complexity index is 1030. The number of nitrogens with one attached hydrogen (secondary N) is 1. The van der Waals surface area contributed by atoms with Gasteiger partial charge in [0, 0.05) is 11.1 Å². The van der Waals surface area contributed by atoms with E-state index in [1.54, 1.807) is 42.7 Å². The van der Waals surface area contributed by atoms with Gasteiger partial charge >= 0.3 is 0 Å². The summed E-state index contributed by atoms with van der Waals surface area (Å²) in [5.41, 5.74) is 1.63. The van der Waals surface area contributed by atoms with Crippen LogP contribution in [0.1, 0.15) is 5.76 Å². The van der Waals surface area contributed by atoms with Crippen LogP contribution in [-0.4, -0.2) is 22.7 Å². The summed E-state index contributed by atoms with van der Waals surface area (Å²) in [6.07, 6.45) is 1.56. The van der Waals surface area contributed by atoms with Crippen molar-refractivity contribution in [1.29, 1.82) is 0 Å². The van der Waals surface area contributed by atoms with Crippen molar-refractivity contribution in [3.05, 3.63) is 78.8 Å². The van der Waals surface area contributed by atoms with E-state index in [0.29, 0.717) is 29.8 Å². The third kappa shape index (κ3) is 4.27. The van der Waals surface area contributed by atoms with Gasteiger partial charge in [-0.15, -0.1) is 10.2 Å². The minimum Gasteiger partial charge on any atom is -0.484 e. The number of ether oxygens (including phenoxy) is 1. The first kappa shape index (κ1) is 17.5. The molecule has 1 N–H and O–H groups in total. The van der Waals surface area contributed by atoms with Crippen molar-refractivity contribution in [3.63, 3.8) is 0 Å². The SMILES string of the molecule is O=C(COc1ccc(-c2nnc(-c3ccccc3)o2)cc1)NCc1ccco1. The summed E-state index contributed by atoms with van der Waals surface area (Å²) in [4.78, 5) is 11.8. The molecule has 4 rings (SSSR count). The Hall–Kier alpha value is -3.87. The van der Waals surface area contributed by atoms with Gasteiger partial charge in [0.15, 0.2) is 6.61 Å². The molecule has 28 heavy (non-hydrogen) atoms. The number of carbonyl (C=O) groups excluding carboxylic acids is 1. The van der Waals surface area contributed by atoms with Gasteiger partial charge in [-0.05, 0) is 48.5 Å². The zero-order chi connectivity index (χ0) is 19.2. The van der Waals surface area contributed by atoms with E-state index in [2.05, 4.69) is 15.5 Å². The lowest BCUT2D eigenvalue weighted by Crippen LogP contribution is -2.28. The molecule has 1 amide bonds. The molecule has 0 bridgehead atoms. The second-order valence-electron chi connectivity index (χ2n) is 5.95. The second kappa shape index (κ2) is 8.22. The van der Waals surface area contributed by atoms with Crippen LogP contribution in [-0.2, 0) is 11.3 Å². The number of benzene rings is 2. The van der Waals surface area contributed by atoms with E-state index in [9.17, 15) is 4.79 Å². The van der Waals surface area contributed by atoms with E-state index in [1.807, 2.05) is 30.3 Å². The Morgan fingerprint density at radius 1 is 0.893 bits per heavy atom. The number of nitrogens with zero attached hydrogens (tertiary/aromatic N) is 2. The third-order valence-corrected chi connectivity index (χ3v) is 3.96. The highest BCUT2D eigenvalue weighted by molar-refractivity contribution is 5.77. The first-order valence-corrected chi connectivity index (χ1v) is 8.69. The van der Waals surface area contributed by atoms with E-state index < -0.39 is 0 Å². The monoisotopic (exact) mass is 375 g/mol. The Kier molecular flexibility index (Phi) is 5.15. The summed E-state index contributed by atoms with van der Waals surface area (Å²) < 4.78 is 16.4. The molecule has 0 aliphatic rings. The normalized spacial score (nSPS) is 10.6. The van der Waals surface area contributed by atoms with Crippen molar-refractivity contribution in [2.24, 2.45) is 0 Å². The molecule has 0 radical (unpaired) electrons. The molecular formula is C21H17N3O4. The van der Waals surface area contributed by atoms with Crippen LogP contribution in [0.4, 0.5) is 0 Å². The molecule has 0 fully saturated rings. The predicted octanol–water partition coefficient (Wildman–Crippen LogP) is 3.69. The number of amides is 1. The van der Waals surface area contributed by atoms with Crippen LogP contribution >= 0.6 is 0 Å². The fourth-order valence-electron chi connectivity index (χ4n) is 2.53. The van der Waals surface area contributed by atoms with Gasteiger partial charge in [-0.25, -0.2) is 0 Å². The molecule has 7 nitrogen and oxygen atoms in total. The molecule has 0 aliphatic carbocycles. The van der Waals surface area contributed by atoms with Crippen molar-refractivity contribution in [1.82, 2.24) is 15.5 Å². The molecule has 0 spiro atoms.